The number of amides is 2. The van der Waals surface area contributed by atoms with Gasteiger partial charge in [0.2, 0.25) is 11.8 Å². The highest BCUT2D eigenvalue weighted by Crippen LogP contribution is 2.05. The second kappa shape index (κ2) is 12.7. The fourth-order valence-corrected chi connectivity index (χ4v) is 3.67. The number of hydrogen-bond acceptors (Lipinski definition) is 7. The maximum Gasteiger partial charge on any atom is 0.303 e. The van der Waals surface area contributed by atoms with Crippen molar-refractivity contribution >= 4 is 27.9 Å². The molecular weight excluding hydrogens is 404 g/mol. The van der Waals surface area contributed by atoms with E-state index in [1.54, 1.807) is 0 Å². The molecule has 1 aliphatic rings. The Labute approximate surface area is 171 Å². The average molecular weight is 437 g/mol. The maximum absolute atomic E-state index is 12.3. The van der Waals surface area contributed by atoms with Crippen molar-refractivity contribution in [2.75, 3.05) is 39.0 Å². The third kappa shape index (κ3) is 11.7. The number of rotatable bonds is 14. The lowest BCUT2D eigenvalue weighted by molar-refractivity contribution is -0.137. The summed E-state index contributed by atoms with van der Waals surface area (Å²) in [7, 11) is -2.60. The molecule has 29 heavy (non-hydrogen) atoms. The summed E-state index contributed by atoms with van der Waals surface area (Å²) in [5, 5.41) is 16.5. The third-order valence-corrected chi connectivity index (χ3v) is 5.36. The summed E-state index contributed by atoms with van der Waals surface area (Å²) in [6, 6.07) is -1.85. The molecule has 1 rings (SSSR count). The molecule has 11 nitrogen and oxygen atoms in total. The highest BCUT2D eigenvalue weighted by molar-refractivity contribution is 7.85. The van der Waals surface area contributed by atoms with Gasteiger partial charge in [-0.3, -0.25) is 18.9 Å². The van der Waals surface area contributed by atoms with Gasteiger partial charge in [-0.1, -0.05) is 6.42 Å². The van der Waals surface area contributed by atoms with Crippen LogP contribution in [0, 0.1) is 0 Å². The van der Waals surface area contributed by atoms with Crippen LogP contribution in [0.15, 0.2) is 0 Å². The molecule has 0 spiro atoms. The van der Waals surface area contributed by atoms with Crippen LogP contribution in [0.2, 0.25) is 0 Å². The second-order valence-electron chi connectivity index (χ2n) is 7.26. The molecule has 2 atom stereocenters. The molecule has 5 N–H and O–H groups in total. The van der Waals surface area contributed by atoms with Crippen LogP contribution in [0.25, 0.3) is 0 Å². The molecule has 0 saturated carbocycles. The molecule has 0 radical (unpaired) electrons. The van der Waals surface area contributed by atoms with Gasteiger partial charge in [0.15, 0.2) is 0 Å². The van der Waals surface area contributed by atoms with E-state index >= 15 is 0 Å². The monoisotopic (exact) mass is 436 g/mol. The minimum absolute atomic E-state index is 0.150. The van der Waals surface area contributed by atoms with Gasteiger partial charge in [0, 0.05) is 19.5 Å². The topological polar surface area (TPSA) is 165 Å². The summed E-state index contributed by atoms with van der Waals surface area (Å²) in [6.07, 6.45) is 3.80. The average Bonchev–Trinajstić information content (AvgIpc) is 3.14. The lowest BCUT2D eigenvalue weighted by atomic mass is 10.2. The molecule has 168 valence electrons. The molecule has 0 aliphatic carbocycles. The molecule has 1 saturated heterocycles. The summed E-state index contributed by atoms with van der Waals surface area (Å²) in [5.74, 6) is -2.85. The van der Waals surface area contributed by atoms with Gasteiger partial charge in [-0.05, 0) is 45.8 Å². The Kier molecular flexibility index (Phi) is 11.1. The SMILES string of the molecule is CN(CCCCCC(=O)O)CCNC(=O)C(CS(=O)(=O)O)NC(=O)C1CCCN1. The molecule has 0 aromatic rings. The Hall–Kier alpha value is -1.76. The van der Waals surface area contributed by atoms with Crippen LogP contribution in [-0.2, 0) is 24.5 Å². The molecule has 0 aromatic heterocycles. The molecule has 2 unspecified atom stereocenters. The number of nitrogens with one attached hydrogen (secondary N) is 3. The quantitative estimate of drug-likeness (QED) is 0.166. The minimum atomic E-state index is -4.45. The van der Waals surface area contributed by atoms with E-state index < -0.39 is 45.7 Å². The summed E-state index contributed by atoms with van der Waals surface area (Å²) in [4.78, 5) is 36.9. The zero-order valence-electron chi connectivity index (χ0n) is 16.7. The summed E-state index contributed by atoms with van der Waals surface area (Å²) < 4.78 is 31.5. The molecular formula is C17H32N4O7S. The number of carbonyl (C=O) groups excluding carboxylic acids is 2. The van der Waals surface area contributed by atoms with E-state index in [1.165, 1.54) is 0 Å². The van der Waals surface area contributed by atoms with Crippen LogP contribution in [0.5, 0.6) is 0 Å². The van der Waals surface area contributed by atoms with Crippen molar-refractivity contribution in [3.05, 3.63) is 0 Å². The summed E-state index contributed by atoms with van der Waals surface area (Å²) >= 11 is 0. The molecule has 12 heteroatoms. The van der Waals surface area contributed by atoms with Crippen molar-refractivity contribution in [1.29, 1.82) is 0 Å². The fourth-order valence-electron chi connectivity index (χ4n) is 3.01. The fraction of sp³-hybridized carbons (Fsp3) is 0.824. The lowest BCUT2D eigenvalue weighted by Gasteiger charge is -2.21. The molecule has 0 aromatic carbocycles. The van der Waals surface area contributed by atoms with Gasteiger partial charge in [-0.2, -0.15) is 8.42 Å². The van der Waals surface area contributed by atoms with Gasteiger partial charge < -0.3 is 26.0 Å². The van der Waals surface area contributed by atoms with Crippen LogP contribution < -0.4 is 16.0 Å². The van der Waals surface area contributed by atoms with E-state index in [9.17, 15) is 22.8 Å². The van der Waals surface area contributed by atoms with Crippen LogP contribution in [0.4, 0.5) is 0 Å². The molecule has 1 aliphatic heterocycles. The first-order valence-corrected chi connectivity index (χ1v) is 11.4. The summed E-state index contributed by atoms with van der Waals surface area (Å²) in [6.45, 7) is 2.15. The van der Waals surface area contributed by atoms with Gasteiger partial charge in [0.25, 0.3) is 10.1 Å². The number of aliphatic carboxylic acids is 1. The van der Waals surface area contributed by atoms with Crippen molar-refractivity contribution in [2.45, 2.75) is 50.6 Å². The van der Waals surface area contributed by atoms with Gasteiger partial charge in [-0.25, -0.2) is 0 Å². The first-order chi connectivity index (χ1) is 13.6. The maximum atomic E-state index is 12.3. The van der Waals surface area contributed by atoms with Gasteiger partial charge in [0.05, 0.1) is 6.04 Å². The van der Waals surface area contributed by atoms with E-state index in [-0.39, 0.29) is 13.0 Å². The van der Waals surface area contributed by atoms with E-state index in [4.69, 9.17) is 9.66 Å². The number of carbonyl (C=O) groups is 3. The number of carboxylic acid groups (broad SMARTS) is 1. The molecule has 2 amide bonds. The third-order valence-electron chi connectivity index (χ3n) is 4.61. The van der Waals surface area contributed by atoms with Crippen molar-refractivity contribution < 1.29 is 32.5 Å². The Bertz CT molecular complexity index is 650. The summed E-state index contributed by atoms with van der Waals surface area (Å²) in [5.41, 5.74) is 0. The number of likely N-dealkylation sites (N-methyl/N-ethyl adjacent to an activating group) is 1. The standard InChI is InChI=1S/C17H32N4O7S/c1-21(10-4-2-3-7-15(22)23)11-9-19-16(24)14(12-29(26,27)28)20-17(25)13-6-5-8-18-13/h13-14,18H,2-12H2,1H3,(H,19,24)(H,20,25)(H,22,23)(H,26,27,28). The van der Waals surface area contributed by atoms with Gasteiger partial charge >= 0.3 is 5.97 Å². The first-order valence-electron chi connectivity index (χ1n) is 9.75. The zero-order valence-corrected chi connectivity index (χ0v) is 17.5. The Morgan fingerprint density at radius 2 is 1.93 bits per heavy atom. The number of hydrogen-bond donors (Lipinski definition) is 5. The van der Waals surface area contributed by atoms with E-state index in [0.29, 0.717) is 25.9 Å². The number of nitrogens with zero attached hydrogens (tertiary/aromatic N) is 1. The first kappa shape index (κ1) is 25.3. The van der Waals surface area contributed by atoms with Crippen LogP contribution in [0.1, 0.15) is 38.5 Å². The highest BCUT2D eigenvalue weighted by Gasteiger charge is 2.30. The molecule has 1 fully saturated rings. The van der Waals surface area contributed by atoms with Crippen molar-refractivity contribution in [2.24, 2.45) is 0 Å². The minimum Gasteiger partial charge on any atom is -0.481 e. The van der Waals surface area contributed by atoms with Crippen molar-refractivity contribution in [3.8, 4) is 0 Å². The number of carboxylic acids is 1. The molecule has 1 heterocycles. The van der Waals surface area contributed by atoms with Crippen LogP contribution >= 0.6 is 0 Å². The Balaban J connectivity index is 2.38. The lowest BCUT2D eigenvalue weighted by Crippen LogP contribution is -2.54. The van der Waals surface area contributed by atoms with Crippen molar-refractivity contribution in [1.82, 2.24) is 20.9 Å². The van der Waals surface area contributed by atoms with Crippen LogP contribution in [-0.4, -0.2) is 91.8 Å². The Morgan fingerprint density at radius 3 is 2.52 bits per heavy atom. The van der Waals surface area contributed by atoms with Gasteiger partial charge in [-0.15, -0.1) is 0 Å². The molecule has 0 bridgehead atoms. The second-order valence-corrected chi connectivity index (χ2v) is 8.75. The Morgan fingerprint density at radius 1 is 1.21 bits per heavy atom. The normalized spacial score (nSPS) is 17.8. The van der Waals surface area contributed by atoms with Gasteiger partial charge in [0.1, 0.15) is 11.8 Å². The largest absolute Gasteiger partial charge is 0.481 e. The smallest absolute Gasteiger partial charge is 0.303 e. The van der Waals surface area contributed by atoms with E-state index in [0.717, 1.165) is 25.8 Å². The number of unbranched alkanes of at least 4 members (excludes halogenated alkanes) is 2. The highest BCUT2D eigenvalue weighted by atomic mass is 32.2. The predicted octanol–water partition coefficient (Wildman–Crippen LogP) is -1.20. The van der Waals surface area contributed by atoms with E-state index in [2.05, 4.69) is 16.0 Å². The zero-order chi connectivity index (χ0) is 21.9. The van der Waals surface area contributed by atoms with Crippen molar-refractivity contribution in [3.63, 3.8) is 0 Å². The van der Waals surface area contributed by atoms with Crippen LogP contribution in [0.3, 0.4) is 0 Å². The van der Waals surface area contributed by atoms with E-state index in [1.807, 2.05) is 11.9 Å². The predicted molar refractivity (Wildman–Crippen MR) is 106 cm³/mol.